The molecule has 17 heavy (non-hydrogen) atoms. The lowest BCUT2D eigenvalue weighted by atomic mass is 10.4. The van der Waals surface area contributed by atoms with Crippen molar-refractivity contribution in [2.45, 2.75) is 6.92 Å². The maximum Gasteiger partial charge on any atom is 0.367 e. The van der Waals surface area contributed by atoms with Crippen LogP contribution in [-0.2, 0) is 4.74 Å². The Morgan fingerprint density at radius 2 is 2.35 bits per heavy atom. The Kier molecular flexibility index (Phi) is 5.30. The number of nitrogens with one attached hydrogen (secondary N) is 1. The highest BCUT2D eigenvalue weighted by Crippen LogP contribution is 2.11. The largest absolute Gasteiger partial charge is 0.461 e. The van der Waals surface area contributed by atoms with Gasteiger partial charge in [0.05, 0.1) is 6.61 Å². The minimum atomic E-state index is -0.513. The third-order valence-electron chi connectivity index (χ3n) is 1.63. The molecule has 1 aromatic heterocycles. The number of aromatic nitrogens is 1. The molecule has 0 aromatic carbocycles. The molecule has 1 heterocycles. The van der Waals surface area contributed by atoms with Crippen molar-refractivity contribution in [2.24, 2.45) is 0 Å². The summed E-state index contributed by atoms with van der Waals surface area (Å²) in [5.41, 5.74) is 0.201. The lowest BCUT2D eigenvalue weighted by molar-refractivity contribution is 0.0526. The maximum atomic E-state index is 11.6. The number of halogens is 1. The predicted octanol–water partition coefficient (Wildman–Crippen LogP) is 1.96. The fraction of sp³-hybridized carbons (Fsp3) is 0.300. The van der Waals surface area contributed by atoms with Crippen molar-refractivity contribution in [1.29, 1.82) is 0 Å². The molecule has 1 amide bonds. The van der Waals surface area contributed by atoms with Crippen LogP contribution in [0.15, 0.2) is 16.4 Å². The van der Waals surface area contributed by atoms with Crippen LogP contribution in [0.4, 0.5) is 0 Å². The van der Waals surface area contributed by atoms with Crippen molar-refractivity contribution >= 4 is 39.1 Å². The van der Waals surface area contributed by atoms with E-state index in [4.69, 9.17) is 4.74 Å². The van der Waals surface area contributed by atoms with E-state index in [-0.39, 0.29) is 23.2 Å². The zero-order valence-corrected chi connectivity index (χ0v) is 11.6. The Labute approximate surface area is 111 Å². The second-order valence-corrected chi connectivity index (χ2v) is 4.94. The van der Waals surface area contributed by atoms with Crippen molar-refractivity contribution < 1.29 is 14.3 Å². The third-order valence-corrected chi connectivity index (χ3v) is 2.73. The molecule has 0 fully saturated rings. The fourth-order valence-electron chi connectivity index (χ4n) is 0.931. The van der Waals surface area contributed by atoms with Crippen LogP contribution in [0.1, 0.15) is 27.2 Å². The van der Waals surface area contributed by atoms with Gasteiger partial charge in [0.15, 0.2) is 0 Å². The summed E-state index contributed by atoms with van der Waals surface area (Å²) in [6.07, 6.45) is 0. The molecule has 0 bridgehead atoms. The minimum absolute atomic E-state index is 0.176. The number of carbonyl (C=O) groups excluding carboxylic acids is 2. The molecule has 0 saturated heterocycles. The molecule has 0 saturated carbocycles. The highest BCUT2D eigenvalue weighted by molar-refractivity contribution is 9.11. The van der Waals surface area contributed by atoms with Crippen molar-refractivity contribution in [1.82, 2.24) is 10.3 Å². The molecule has 5 nitrogen and oxygen atoms in total. The molecule has 0 aliphatic carbocycles. The van der Waals surface area contributed by atoms with Crippen molar-refractivity contribution in [3.8, 4) is 0 Å². The van der Waals surface area contributed by atoms with Crippen LogP contribution in [-0.4, -0.2) is 30.0 Å². The highest BCUT2D eigenvalue weighted by Gasteiger charge is 2.15. The van der Waals surface area contributed by atoms with Crippen LogP contribution in [0.25, 0.3) is 0 Å². The molecule has 0 aliphatic rings. The van der Waals surface area contributed by atoms with E-state index in [1.54, 1.807) is 6.92 Å². The predicted molar refractivity (Wildman–Crippen MR) is 68.5 cm³/mol. The fourth-order valence-corrected chi connectivity index (χ4v) is 1.76. The van der Waals surface area contributed by atoms with Crippen LogP contribution in [0.5, 0.6) is 0 Å². The zero-order valence-electron chi connectivity index (χ0n) is 9.16. The Morgan fingerprint density at radius 3 is 2.94 bits per heavy atom. The molecule has 0 unspecified atom stereocenters. The van der Waals surface area contributed by atoms with Gasteiger partial charge in [0.1, 0.15) is 5.69 Å². The molecule has 92 valence electrons. The average Bonchev–Trinajstić information content (AvgIpc) is 2.75. The first kappa shape index (κ1) is 13.9. The molecule has 0 atom stereocenters. The van der Waals surface area contributed by atoms with E-state index in [0.29, 0.717) is 11.0 Å². The van der Waals surface area contributed by atoms with Gasteiger partial charge in [0.25, 0.3) is 5.91 Å². The number of amides is 1. The van der Waals surface area contributed by atoms with Gasteiger partial charge in [-0.2, -0.15) is 0 Å². The molecular formula is C10H11BrN2O3S. The molecule has 1 N–H and O–H groups in total. The van der Waals surface area contributed by atoms with Gasteiger partial charge in [0, 0.05) is 16.4 Å². The summed E-state index contributed by atoms with van der Waals surface area (Å²) < 4.78 is 5.43. The number of hydrogen-bond acceptors (Lipinski definition) is 5. The maximum absolute atomic E-state index is 11.6. The Hall–Kier alpha value is -1.21. The summed E-state index contributed by atoms with van der Waals surface area (Å²) in [6, 6.07) is 0. The van der Waals surface area contributed by atoms with Crippen molar-refractivity contribution in [2.75, 3.05) is 13.2 Å². The van der Waals surface area contributed by atoms with Crippen LogP contribution in [0, 0.1) is 0 Å². The van der Waals surface area contributed by atoms with Crippen LogP contribution in [0.3, 0.4) is 0 Å². The number of ether oxygens (including phenoxy) is 1. The molecule has 7 heteroatoms. The number of hydrogen-bond donors (Lipinski definition) is 1. The second-order valence-electron chi connectivity index (χ2n) is 2.96. The van der Waals surface area contributed by atoms with Gasteiger partial charge in [-0.15, -0.1) is 11.3 Å². The molecular weight excluding hydrogens is 308 g/mol. The van der Waals surface area contributed by atoms with Gasteiger partial charge in [-0.1, -0.05) is 22.5 Å². The van der Waals surface area contributed by atoms with Gasteiger partial charge in [0.2, 0.25) is 5.01 Å². The van der Waals surface area contributed by atoms with E-state index < -0.39 is 5.97 Å². The summed E-state index contributed by atoms with van der Waals surface area (Å²) in [6.45, 7) is 5.89. The van der Waals surface area contributed by atoms with Crippen LogP contribution < -0.4 is 5.32 Å². The lowest BCUT2D eigenvalue weighted by Gasteiger charge is -2.00. The molecule has 0 aliphatic heterocycles. The Morgan fingerprint density at radius 1 is 1.65 bits per heavy atom. The number of nitrogens with zero attached hydrogens (tertiary/aromatic N) is 1. The van der Waals surface area contributed by atoms with Gasteiger partial charge in [-0.05, 0) is 6.92 Å². The van der Waals surface area contributed by atoms with Gasteiger partial charge in [-0.3, -0.25) is 4.79 Å². The van der Waals surface area contributed by atoms with Crippen LogP contribution >= 0.6 is 27.3 Å². The van der Waals surface area contributed by atoms with Gasteiger partial charge in [-0.25, -0.2) is 9.78 Å². The van der Waals surface area contributed by atoms with Crippen LogP contribution in [0.2, 0.25) is 0 Å². The van der Waals surface area contributed by atoms with E-state index in [9.17, 15) is 9.59 Å². The van der Waals surface area contributed by atoms with E-state index in [2.05, 4.69) is 32.8 Å². The van der Waals surface area contributed by atoms with Crippen molar-refractivity contribution in [3.05, 3.63) is 27.1 Å². The Bertz CT molecular complexity index is 445. The molecule has 1 rings (SSSR count). The normalized spacial score (nSPS) is 9.76. The van der Waals surface area contributed by atoms with Crippen molar-refractivity contribution in [3.63, 3.8) is 0 Å². The molecule has 0 spiro atoms. The number of esters is 1. The Balaban J connectivity index is 2.64. The average molecular weight is 319 g/mol. The van der Waals surface area contributed by atoms with E-state index >= 15 is 0 Å². The highest BCUT2D eigenvalue weighted by atomic mass is 79.9. The first-order valence-corrected chi connectivity index (χ1v) is 6.46. The van der Waals surface area contributed by atoms with Gasteiger partial charge < -0.3 is 10.1 Å². The summed E-state index contributed by atoms with van der Waals surface area (Å²) in [7, 11) is 0. The second kappa shape index (κ2) is 6.51. The third kappa shape index (κ3) is 4.27. The smallest absolute Gasteiger partial charge is 0.367 e. The topological polar surface area (TPSA) is 68.3 Å². The molecule has 1 aromatic rings. The number of thiazole rings is 1. The quantitative estimate of drug-likeness (QED) is 0.843. The lowest BCUT2D eigenvalue weighted by Crippen LogP contribution is -2.24. The monoisotopic (exact) mass is 318 g/mol. The number of carbonyl (C=O) groups is 2. The van der Waals surface area contributed by atoms with E-state index in [0.717, 1.165) is 11.3 Å². The summed E-state index contributed by atoms with van der Waals surface area (Å²) in [4.78, 5) is 26.8. The molecule has 0 radical (unpaired) electrons. The minimum Gasteiger partial charge on any atom is -0.461 e. The first-order chi connectivity index (χ1) is 8.04. The number of rotatable bonds is 5. The zero-order chi connectivity index (χ0) is 12.8. The van der Waals surface area contributed by atoms with E-state index in [1.807, 2.05) is 0 Å². The summed E-state index contributed by atoms with van der Waals surface area (Å²) >= 11 is 4.20. The standard InChI is InChI=1S/C10H11BrN2O3S/c1-3-16-10(15)9-13-7(5-17-9)8(14)12-4-6(2)11/h5H,2-4H2,1H3,(H,12,14). The summed E-state index contributed by atoms with van der Waals surface area (Å²) in [5.74, 6) is -0.862. The SMILES string of the molecule is C=C(Br)CNC(=O)c1csc(C(=O)OCC)n1. The van der Waals surface area contributed by atoms with Gasteiger partial charge >= 0.3 is 5.97 Å². The van der Waals surface area contributed by atoms with E-state index in [1.165, 1.54) is 5.38 Å². The summed E-state index contributed by atoms with van der Waals surface area (Å²) in [5, 5.41) is 4.28. The first-order valence-electron chi connectivity index (χ1n) is 4.78.